The Hall–Kier alpha value is -2.62. The van der Waals surface area contributed by atoms with Crippen LogP contribution in [0.1, 0.15) is 29.3 Å². The summed E-state index contributed by atoms with van der Waals surface area (Å²) in [6.45, 7) is 2.33. The average Bonchev–Trinajstić information content (AvgIpc) is 2.53. The Morgan fingerprint density at radius 1 is 1.05 bits per heavy atom. The summed E-state index contributed by atoms with van der Waals surface area (Å²) in [5.74, 6) is -0.494. The van der Waals surface area contributed by atoms with Crippen LogP contribution in [0.15, 0.2) is 54.6 Å². The van der Waals surface area contributed by atoms with Crippen molar-refractivity contribution < 1.29 is 14.3 Å². The molecular weight excluding hydrogens is 278 g/mol. The highest BCUT2D eigenvalue weighted by atomic mass is 16.5. The first-order valence-electron chi connectivity index (χ1n) is 7.30. The molecular formula is C18H19NO3. The molecule has 114 valence electrons. The van der Waals surface area contributed by atoms with Gasteiger partial charge in [0.25, 0.3) is 0 Å². The molecule has 0 aliphatic carbocycles. The largest absolute Gasteiger partial charge is 0.462 e. The van der Waals surface area contributed by atoms with E-state index in [4.69, 9.17) is 4.74 Å². The van der Waals surface area contributed by atoms with Crippen molar-refractivity contribution in [3.05, 3.63) is 65.7 Å². The van der Waals surface area contributed by atoms with Gasteiger partial charge in [0.05, 0.1) is 18.6 Å². The van der Waals surface area contributed by atoms with E-state index < -0.39 is 0 Å². The van der Waals surface area contributed by atoms with E-state index in [0.29, 0.717) is 24.3 Å². The zero-order valence-electron chi connectivity index (χ0n) is 12.5. The summed E-state index contributed by atoms with van der Waals surface area (Å²) in [6.07, 6.45) is 1.07. The van der Waals surface area contributed by atoms with E-state index in [1.165, 1.54) is 0 Å². The van der Waals surface area contributed by atoms with Crippen LogP contribution in [0, 0.1) is 0 Å². The molecule has 0 saturated heterocycles. The van der Waals surface area contributed by atoms with E-state index >= 15 is 0 Å². The van der Waals surface area contributed by atoms with Gasteiger partial charge in [-0.1, -0.05) is 43.3 Å². The Labute approximate surface area is 130 Å². The molecule has 22 heavy (non-hydrogen) atoms. The second kappa shape index (κ2) is 7.98. The lowest BCUT2D eigenvalue weighted by atomic mass is 10.1. The van der Waals surface area contributed by atoms with E-state index in [1.807, 2.05) is 37.3 Å². The molecule has 0 heterocycles. The SMILES string of the molecule is CCCOC(=O)c1cccc(NC(=O)Cc2ccccc2)c1. The van der Waals surface area contributed by atoms with E-state index in [-0.39, 0.29) is 11.9 Å². The van der Waals surface area contributed by atoms with Gasteiger partial charge in [-0.15, -0.1) is 0 Å². The maximum Gasteiger partial charge on any atom is 0.338 e. The zero-order chi connectivity index (χ0) is 15.8. The summed E-state index contributed by atoms with van der Waals surface area (Å²) in [4.78, 5) is 23.8. The standard InChI is InChI=1S/C18H19NO3/c1-2-11-22-18(21)15-9-6-10-16(13-15)19-17(20)12-14-7-4-3-5-8-14/h3-10,13H,2,11-12H2,1H3,(H,19,20). The number of rotatable bonds is 6. The Morgan fingerprint density at radius 2 is 1.82 bits per heavy atom. The van der Waals surface area contributed by atoms with Crippen molar-refractivity contribution in [2.45, 2.75) is 19.8 Å². The van der Waals surface area contributed by atoms with Crippen LogP contribution in [-0.4, -0.2) is 18.5 Å². The maximum atomic E-state index is 12.0. The number of ether oxygens (including phenoxy) is 1. The highest BCUT2D eigenvalue weighted by molar-refractivity contribution is 5.95. The molecule has 0 aliphatic heterocycles. The number of amides is 1. The molecule has 2 aromatic rings. The molecule has 4 heteroatoms. The summed E-state index contributed by atoms with van der Waals surface area (Å²) < 4.78 is 5.08. The van der Waals surface area contributed by atoms with Gasteiger partial charge in [-0.05, 0) is 30.2 Å². The third kappa shape index (κ3) is 4.74. The fourth-order valence-corrected chi connectivity index (χ4v) is 1.99. The van der Waals surface area contributed by atoms with Crippen molar-refractivity contribution in [1.29, 1.82) is 0 Å². The Bertz CT molecular complexity index is 638. The monoisotopic (exact) mass is 297 g/mol. The third-order valence-electron chi connectivity index (χ3n) is 3.03. The van der Waals surface area contributed by atoms with E-state index in [1.54, 1.807) is 24.3 Å². The van der Waals surface area contributed by atoms with Crippen molar-refractivity contribution in [2.24, 2.45) is 0 Å². The normalized spacial score (nSPS) is 10.0. The van der Waals surface area contributed by atoms with Gasteiger partial charge in [-0.3, -0.25) is 4.79 Å². The van der Waals surface area contributed by atoms with Crippen LogP contribution in [0.2, 0.25) is 0 Å². The number of carbonyl (C=O) groups is 2. The zero-order valence-corrected chi connectivity index (χ0v) is 12.5. The Balaban J connectivity index is 1.98. The van der Waals surface area contributed by atoms with E-state index in [2.05, 4.69) is 5.32 Å². The van der Waals surface area contributed by atoms with Crippen LogP contribution in [0.3, 0.4) is 0 Å². The molecule has 0 bridgehead atoms. The second-order valence-corrected chi connectivity index (χ2v) is 4.93. The number of hydrogen-bond donors (Lipinski definition) is 1. The first kappa shape index (κ1) is 15.8. The van der Waals surface area contributed by atoms with Crippen LogP contribution < -0.4 is 5.32 Å². The molecule has 4 nitrogen and oxygen atoms in total. The van der Waals surface area contributed by atoms with E-state index in [0.717, 1.165) is 12.0 Å². The number of hydrogen-bond acceptors (Lipinski definition) is 3. The lowest BCUT2D eigenvalue weighted by Crippen LogP contribution is -2.15. The van der Waals surface area contributed by atoms with Crippen LogP contribution in [0.25, 0.3) is 0 Å². The van der Waals surface area contributed by atoms with Crippen molar-refractivity contribution >= 4 is 17.6 Å². The molecule has 0 fully saturated rings. The van der Waals surface area contributed by atoms with Gasteiger partial charge >= 0.3 is 5.97 Å². The molecule has 0 spiro atoms. The molecule has 1 N–H and O–H groups in total. The summed E-state index contributed by atoms with van der Waals surface area (Å²) in [5.41, 5.74) is 1.97. The minimum absolute atomic E-state index is 0.120. The van der Waals surface area contributed by atoms with Gasteiger partial charge in [0, 0.05) is 5.69 Å². The fraction of sp³-hybridized carbons (Fsp3) is 0.222. The van der Waals surface area contributed by atoms with E-state index in [9.17, 15) is 9.59 Å². The fourth-order valence-electron chi connectivity index (χ4n) is 1.99. The summed E-state index contributed by atoms with van der Waals surface area (Å²) >= 11 is 0. The molecule has 0 atom stereocenters. The van der Waals surface area contributed by atoms with Crippen LogP contribution in [0.4, 0.5) is 5.69 Å². The molecule has 2 rings (SSSR count). The number of carbonyl (C=O) groups excluding carboxylic acids is 2. The number of anilines is 1. The van der Waals surface area contributed by atoms with Gasteiger partial charge in [-0.25, -0.2) is 4.79 Å². The Kier molecular flexibility index (Phi) is 5.72. The lowest BCUT2D eigenvalue weighted by Gasteiger charge is -2.08. The maximum absolute atomic E-state index is 12.0. The van der Waals surface area contributed by atoms with Crippen molar-refractivity contribution in [2.75, 3.05) is 11.9 Å². The number of benzene rings is 2. The average molecular weight is 297 g/mol. The molecule has 2 aromatic carbocycles. The summed E-state index contributed by atoms with van der Waals surface area (Å²) in [5, 5.41) is 2.80. The number of esters is 1. The third-order valence-corrected chi connectivity index (χ3v) is 3.03. The molecule has 0 unspecified atom stereocenters. The highest BCUT2D eigenvalue weighted by Crippen LogP contribution is 2.12. The molecule has 0 aromatic heterocycles. The number of nitrogens with one attached hydrogen (secondary N) is 1. The summed E-state index contributed by atoms with van der Waals surface area (Å²) in [7, 11) is 0. The van der Waals surface area contributed by atoms with Gasteiger partial charge in [0.15, 0.2) is 0 Å². The lowest BCUT2D eigenvalue weighted by molar-refractivity contribution is -0.115. The molecule has 0 aliphatic rings. The first-order valence-corrected chi connectivity index (χ1v) is 7.30. The second-order valence-electron chi connectivity index (χ2n) is 4.93. The predicted octanol–water partition coefficient (Wildman–Crippen LogP) is 3.43. The first-order chi connectivity index (χ1) is 10.7. The molecule has 1 amide bonds. The van der Waals surface area contributed by atoms with Crippen molar-refractivity contribution in [3.63, 3.8) is 0 Å². The highest BCUT2D eigenvalue weighted by Gasteiger charge is 2.09. The minimum Gasteiger partial charge on any atom is -0.462 e. The molecule has 0 radical (unpaired) electrons. The van der Waals surface area contributed by atoms with Crippen molar-refractivity contribution in [1.82, 2.24) is 0 Å². The van der Waals surface area contributed by atoms with Gasteiger partial charge in [0.1, 0.15) is 0 Å². The van der Waals surface area contributed by atoms with Crippen LogP contribution >= 0.6 is 0 Å². The smallest absolute Gasteiger partial charge is 0.338 e. The minimum atomic E-state index is -0.374. The van der Waals surface area contributed by atoms with Gasteiger partial charge < -0.3 is 10.1 Å². The summed E-state index contributed by atoms with van der Waals surface area (Å²) in [6, 6.07) is 16.3. The quantitative estimate of drug-likeness (QED) is 0.831. The van der Waals surface area contributed by atoms with Crippen LogP contribution in [0.5, 0.6) is 0 Å². The van der Waals surface area contributed by atoms with Crippen LogP contribution in [-0.2, 0) is 16.0 Å². The van der Waals surface area contributed by atoms with Crippen molar-refractivity contribution in [3.8, 4) is 0 Å². The van der Waals surface area contributed by atoms with Gasteiger partial charge in [-0.2, -0.15) is 0 Å². The van der Waals surface area contributed by atoms with Gasteiger partial charge in [0.2, 0.25) is 5.91 Å². The molecule has 0 saturated carbocycles. The Morgan fingerprint density at radius 3 is 2.55 bits per heavy atom. The topological polar surface area (TPSA) is 55.4 Å². The predicted molar refractivity (Wildman–Crippen MR) is 85.8 cm³/mol.